The van der Waals surface area contributed by atoms with E-state index < -0.39 is 6.29 Å². The number of rotatable bonds is 6. The average Bonchev–Trinajstić information content (AvgIpc) is 2.06. The number of aliphatic hydroxyl groups is 2. The monoisotopic (exact) mass is 175 g/mol. The second kappa shape index (κ2) is 6.40. The van der Waals surface area contributed by atoms with E-state index in [4.69, 9.17) is 10.2 Å². The molecule has 0 aliphatic heterocycles. The fourth-order valence-corrected chi connectivity index (χ4v) is 1.25. The fourth-order valence-electron chi connectivity index (χ4n) is 1.25. The van der Waals surface area contributed by atoms with Crippen LogP contribution in [0.15, 0.2) is 0 Å². The molecule has 12 heavy (non-hydrogen) atoms. The molecule has 3 heteroatoms. The molecule has 0 radical (unpaired) electrons. The standard InChI is InChI=1S/C9H21NO2/c1-4-8(9(11)12)7-10(5-2)6-3/h8-9,11-12H,4-7H2,1-3H3. The Morgan fingerprint density at radius 1 is 1.08 bits per heavy atom. The summed E-state index contributed by atoms with van der Waals surface area (Å²) in [5, 5.41) is 18.0. The largest absolute Gasteiger partial charge is 0.368 e. The van der Waals surface area contributed by atoms with Crippen LogP contribution in [0, 0.1) is 5.92 Å². The first-order valence-electron chi connectivity index (χ1n) is 4.74. The van der Waals surface area contributed by atoms with Crippen LogP contribution in [-0.4, -0.2) is 41.0 Å². The Balaban J connectivity index is 3.82. The van der Waals surface area contributed by atoms with E-state index in [0.29, 0.717) is 0 Å². The van der Waals surface area contributed by atoms with Crippen molar-refractivity contribution < 1.29 is 10.2 Å². The van der Waals surface area contributed by atoms with Gasteiger partial charge in [-0.2, -0.15) is 0 Å². The van der Waals surface area contributed by atoms with E-state index >= 15 is 0 Å². The molecule has 0 spiro atoms. The van der Waals surface area contributed by atoms with E-state index in [1.165, 1.54) is 0 Å². The molecule has 0 aliphatic rings. The van der Waals surface area contributed by atoms with Gasteiger partial charge in [0, 0.05) is 12.5 Å². The van der Waals surface area contributed by atoms with Crippen LogP contribution < -0.4 is 0 Å². The van der Waals surface area contributed by atoms with Crippen LogP contribution in [0.3, 0.4) is 0 Å². The minimum Gasteiger partial charge on any atom is -0.368 e. The third kappa shape index (κ3) is 4.04. The van der Waals surface area contributed by atoms with Gasteiger partial charge in [-0.25, -0.2) is 0 Å². The van der Waals surface area contributed by atoms with Gasteiger partial charge in [0.05, 0.1) is 0 Å². The topological polar surface area (TPSA) is 43.7 Å². The molecule has 1 atom stereocenters. The van der Waals surface area contributed by atoms with Gasteiger partial charge in [0.1, 0.15) is 0 Å². The maximum atomic E-state index is 8.98. The average molecular weight is 175 g/mol. The second-order valence-electron chi connectivity index (χ2n) is 3.07. The quantitative estimate of drug-likeness (QED) is 0.583. The normalized spacial score (nSPS) is 14.2. The highest BCUT2D eigenvalue weighted by Gasteiger charge is 2.16. The molecule has 0 aromatic carbocycles. The third-order valence-electron chi connectivity index (χ3n) is 2.33. The highest BCUT2D eigenvalue weighted by Crippen LogP contribution is 2.08. The number of hydrogen-bond acceptors (Lipinski definition) is 3. The van der Waals surface area contributed by atoms with Gasteiger partial charge in [-0.3, -0.25) is 0 Å². The summed E-state index contributed by atoms with van der Waals surface area (Å²) in [6.45, 7) is 8.87. The minimum atomic E-state index is -1.17. The van der Waals surface area contributed by atoms with Crippen LogP contribution in [0.1, 0.15) is 27.2 Å². The van der Waals surface area contributed by atoms with Gasteiger partial charge in [0.2, 0.25) is 0 Å². The Hall–Kier alpha value is -0.120. The zero-order valence-corrected chi connectivity index (χ0v) is 8.32. The Morgan fingerprint density at radius 3 is 1.83 bits per heavy atom. The van der Waals surface area contributed by atoms with Crippen molar-refractivity contribution in [1.29, 1.82) is 0 Å². The first-order valence-corrected chi connectivity index (χ1v) is 4.74. The highest BCUT2D eigenvalue weighted by atomic mass is 16.5. The van der Waals surface area contributed by atoms with Crippen LogP contribution in [0.5, 0.6) is 0 Å². The second-order valence-corrected chi connectivity index (χ2v) is 3.07. The maximum Gasteiger partial charge on any atom is 0.155 e. The lowest BCUT2D eigenvalue weighted by atomic mass is 10.1. The van der Waals surface area contributed by atoms with E-state index in [2.05, 4.69) is 18.7 Å². The summed E-state index contributed by atoms with van der Waals surface area (Å²) >= 11 is 0. The summed E-state index contributed by atoms with van der Waals surface area (Å²) in [5.41, 5.74) is 0. The summed E-state index contributed by atoms with van der Waals surface area (Å²) in [7, 11) is 0. The molecule has 0 bridgehead atoms. The lowest BCUT2D eigenvalue weighted by molar-refractivity contribution is -0.0913. The van der Waals surface area contributed by atoms with Crippen LogP contribution in [0.25, 0.3) is 0 Å². The SMILES string of the molecule is CCC(CN(CC)CC)C(O)O. The summed E-state index contributed by atoms with van der Waals surface area (Å²) in [6.07, 6.45) is -0.357. The van der Waals surface area contributed by atoms with Crippen molar-refractivity contribution in [3.8, 4) is 0 Å². The van der Waals surface area contributed by atoms with Crippen molar-refractivity contribution >= 4 is 0 Å². The molecule has 0 saturated heterocycles. The van der Waals surface area contributed by atoms with E-state index in [1.807, 2.05) is 6.92 Å². The first kappa shape index (κ1) is 11.9. The Bertz CT molecular complexity index is 103. The fraction of sp³-hybridized carbons (Fsp3) is 1.00. The van der Waals surface area contributed by atoms with Crippen LogP contribution in [-0.2, 0) is 0 Å². The molecule has 0 aliphatic carbocycles. The van der Waals surface area contributed by atoms with Crippen LogP contribution >= 0.6 is 0 Å². The highest BCUT2D eigenvalue weighted by molar-refractivity contribution is 4.64. The molecule has 1 unspecified atom stereocenters. The molecule has 0 fully saturated rings. The van der Waals surface area contributed by atoms with Crippen molar-refractivity contribution in [3.63, 3.8) is 0 Å². The zero-order chi connectivity index (χ0) is 9.56. The molecule has 2 N–H and O–H groups in total. The predicted molar refractivity (Wildman–Crippen MR) is 49.8 cm³/mol. The summed E-state index contributed by atoms with van der Waals surface area (Å²) in [4.78, 5) is 2.20. The van der Waals surface area contributed by atoms with Crippen molar-refractivity contribution in [3.05, 3.63) is 0 Å². The van der Waals surface area contributed by atoms with E-state index in [0.717, 1.165) is 26.1 Å². The molecular weight excluding hydrogens is 154 g/mol. The van der Waals surface area contributed by atoms with Gasteiger partial charge in [-0.15, -0.1) is 0 Å². The van der Waals surface area contributed by atoms with Crippen LogP contribution in [0.2, 0.25) is 0 Å². The van der Waals surface area contributed by atoms with E-state index in [1.54, 1.807) is 0 Å². The van der Waals surface area contributed by atoms with Gasteiger partial charge in [0.15, 0.2) is 6.29 Å². The summed E-state index contributed by atoms with van der Waals surface area (Å²) < 4.78 is 0. The van der Waals surface area contributed by atoms with Crippen molar-refractivity contribution in [2.24, 2.45) is 5.92 Å². The molecule has 0 saturated carbocycles. The molecule has 0 aromatic heterocycles. The smallest absolute Gasteiger partial charge is 0.155 e. The van der Waals surface area contributed by atoms with Gasteiger partial charge >= 0.3 is 0 Å². The van der Waals surface area contributed by atoms with Gasteiger partial charge < -0.3 is 15.1 Å². The maximum absolute atomic E-state index is 8.98. The van der Waals surface area contributed by atoms with Gasteiger partial charge in [-0.05, 0) is 19.5 Å². The Morgan fingerprint density at radius 2 is 1.58 bits per heavy atom. The molecule has 3 nitrogen and oxygen atoms in total. The predicted octanol–water partition coefficient (Wildman–Crippen LogP) is 0.665. The lowest BCUT2D eigenvalue weighted by Gasteiger charge is -2.25. The number of nitrogens with zero attached hydrogens (tertiary/aromatic N) is 1. The molecule has 0 aromatic rings. The Kier molecular flexibility index (Phi) is 6.34. The lowest BCUT2D eigenvalue weighted by Crippen LogP contribution is -2.34. The first-order chi connectivity index (χ1) is 5.65. The number of hydrogen-bond donors (Lipinski definition) is 2. The van der Waals surface area contributed by atoms with Crippen molar-refractivity contribution in [2.45, 2.75) is 33.5 Å². The van der Waals surface area contributed by atoms with Gasteiger partial charge in [0.25, 0.3) is 0 Å². The van der Waals surface area contributed by atoms with Crippen LogP contribution in [0.4, 0.5) is 0 Å². The molecule has 0 rings (SSSR count). The zero-order valence-electron chi connectivity index (χ0n) is 8.32. The van der Waals surface area contributed by atoms with Crippen molar-refractivity contribution in [2.75, 3.05) is 19.6 Å². The number of aliphatic hydroxyl groups excluding tert-OH is 1. The van der Waals surface area contributed by atoms with Crippen molar-refractivity contribution in [1.82, 2.24) is 4.90 Å². The van der Waals surface area contributed by atoms with E-state index in [-0.39, 0.29) is 5.92 Å². The molecular formula is C9H21NO2. The summed E-state index contributed by atoms with van der Waals surface area (Å²) in [6, 6.07) is 0. The molecule has 74 valence electrons. The molecule has 0 amide bonds. The Labute approximate surface area is 75.0 Å². The van der Waals surface area contributed by atoms with Gasteiger partial charge in [-0.1, -0.05) is 20.8 Å². The molecule has 0 heterocycles. The minimum absolute atomic E-state index is 0.00935. The summed E-state index contributed by atoms with van der Waals surface area (Å²) in [5.74, 6) is -0.00935. The van der Waals surface area contributed by atoms with E-state index in [9.17, 15) is 0 Å². The third-order valence-corrected chi connectivity index (χ3v) is 2.33.